The van der Waals surface area contributed by atoms with Crippen LogP contribution in [0.15, 0.2) is 21.6 Å². The SMILES string of the molecule is O=Cn1occc1=O. The van der Waals surface area contributed by atoms with Crippen molar-refractivity contribution < 1.29 is 9.32 Å². The zero-order valence-corrected chi connectivity index (χ0v) is 3.90. The summed E-state index contributed by atoms with van der Waals surface area (Å²) in [4.78, 5) is 20.0. The van der Waals surface area contributed by atoms with Crippen molar-refractivity contribution in [1.82, 2.24) is 4.74 Å². The molecule has 0 aromatic carbocycles. The second-order valence-electron chi connectivity index (χ2n) is 1.18. The minimum atomic E-state index is -0.444. The van der Waals surface area contributed by atoms with Crippen LogP contribution < -0.4 is 5.56 Å². The van der Waals surface area contributed by atoms with Crippen LogP contribution >= 0.6 is 0 Å². The molecular weight excluding hydrogens is 110 g/mol. The smallest absolute Gasteiger partial charge is 0.289 e. The van der Waals surface area contributed by atoms with Gasteiger partial charge in [-0.25, -0.2) is 0 Å². The van der Waals surface area contributed by atoms with Crippen LogP contribution in [0.2, 0.25) is 0 Å². The van der Waals surface area contributed by atoms with E-state index in [1.807, 2.05) is 0 Å². The molecule has 4 nitrogen and oxygen atoms in total. The number of hydrogen-bond acceptors (Lipinski definition) is 3. The average Bonchev–Trinajstić information content (AvgIpc) is 2.14. The van der Waals surface area contributed by atoms with Gasteiger partial charge in [0.25, 0.3) is 12.0 Å². The van der Waals surface area contributed by atoms with Crippen LogP contribution in [-0.4, -0.2) is 11.1 Å². The molecule has 0 aliphatic heterocycles. The van der Waals surface area contributed by atoms with Crippen LogP contribution in [0, 0.1) is 0 Å². The molecular formula is C4H3NO3. The fraction of sp³-hybridized carbons (Fsp3) is 0. The van der Waals surface area contributed by atoms with Gasteiger partial charge < -0.3 is 4.52 Å². The van der Waals surface area contributed by atoms with Crippen LogP contribution in [0.4, 0.5) is 0 Å². The van der Waals surface area contributed by atoms with Crippen molar-refractivity contribution in [2.45, 2.75) is 0 Å². The van der Waals surface area contributed by atoms with Crippen molar-refractivity contribution in [3.05, 3.63) is 22.7 Å². The van der Waals surface area contributed by atoms with E-state index in [9.17, 15) is 9.59 Å². The summed E-state index contributed by atoms with van der Waals surface area (Å²) >= 11 is 0. The summed E-state index contributed by atoms with van der Waals surface area (Å²) in [5, 5.41) is 0. The molecule has 0 unspecified atom stereocenters. The lowest BCUT2D eigenvalue weighted by Gasteiger charge is -1.76. The molecule has 0 fully saturated rings. The Morgan fingerprint density at radius 2 is 2.50 bits per heavy atom. The zero-order valence-electron chi connectivity index (χ0n) is 3.90. The summed E-state index contributed by atoms with van der Waals surface area (Å²) in [6.07, 6.45) is 1.46. The average molecular weight is 113 g/mol. The van der Waals surface area contributed by atoms with Crippen LogP contribution in [-0.2, 0) is 4.79 Å². The van der Waals surface area contributed by atoms with E-state index in [0.29, 0.717) is 11.1 Å². The summed E-state index contributed by atoms with van der Waals surface area (Å²) in [6, 6.07) is 1.16. The van der Waals surface area contributed by atoms with Gasteiger partial charge in [0.15, 0.2) is 0 Å². The first kappa shape index (κ1) is 4.83. The van der Waals surface area contributed by atoms with E-state index in [4.69, 9.17) is 0 Å². The van der Waals surface area contributed by atoms with Gasteiger partial charge in [-0.1, -0.05) is 0 Å². The van der Waals surface area contributed by atoms with Crippen molar-refractivity contribution >= 4 is 6.41 Å². The Morgan fingerprint density at radius 1 is 1.75 bits per heavy atom. The molecule has 0 atom stereocenters. The lowest BCUT2D eigenvalue weighted by Crippen LogP contribution is -2.11. The van der Waals surface area contributed by atoms with E-state index < -0.39 is 5.56 Å². The largest absolute Gasteiger partial charge is 0.377 e. The lowest BCUT2D eigenvalue weighted by atomic mass is 10.7. The first-order valence-electron chi connectivity index (χ1n) is 1.96. The van der Waals surface area contributed by atoms with E-state index in [1.165, 1.54) is 0 Å². The molecule has 1 heterocycles. The topological polar surface area (TPSA) is 52.2 Å². The second kappa shape index (κ2) is 1.65. The summed E-state index contributed by atoms with van der Waals surface area (Å²) < 4.78 is 4.95. The maximum absolute atomic E-state index is 10.3. The highest BCUT2D eigenvalue weighted by Gasteiger charge is 1.90. The van der Waals surface area contributed by atoms with Gasteiger partial charge in [-0.2, -0.15) is 0 Å². The summed E-state index contributed by atoms with van der Waals surface area (Å²) in [7, 11) is 0. The van der Waals surface area contributed by atoms with Crippen LogP contribution in [0.1, 0.15) is 0 Å². The second-order valence-corrected chi connectivity index (χ2v) is 1.18. The Kier molecular flexibility index (Phi) is 0.997. The van der Waals surface area contributed by atoms with Gasteiger partial charge in [-0.05, 0) is 0 Å². The number of carbonyl (C=O) groups is 1. The van der Waals surface area contributed by atoms with E-state index in [-0.39, 0.29) is 0 Å². The molecule has 0 aliphatic carbocycles. The lowest BCUT2D eigenvalue weighted by molar-refractivity contribution is 0.342. The Bertz CT molecular complexity index is 233. The molecule has 8 heavy (non-hydrogen) atoms. The highest BCUT2D eigenvalue weighted by Crippen LogP contribution is 1.72. The third kappa shape index (κ3) is 0.556. The number of hydrogen-bond donors (Lipinski definition) is 0. The minimum absolute atomic E-state index is 0.308. The van der Waals surface area contributed by atoms with E-state index in [1.54, 1.807) is 0 Å². The molecule has 0 aliphatic rings. The molecule has 1 aromatic heterocycles. The van der Waals surface area contributed by atoms with Gasteiger partial charge in [0, 0.05) is 6.07 Å². The minimum Gasteiger partial charge on any atom is -0.377 e. The number of rotatable bonds is 1. The third-order valence-electron chi connectivity index (χ3n) is 0.698. The third-order valence-corrected chi connectivity index (χ3v) is 0.698. The fourth-order valence-corrected chi connectivity index (χ4v) is 0.356. The first-order chi connectivity index (χ1) is 3.84. The predicted molar refractivity (Wildman–Crippen MR) is 25.1 cm³/mol. The zero-order chi connectivity index (χ0) is 5.98. The highest BCUT2D eigenvalue weighted by molar-refractivity contribution is 5.48. The fourth-order valence-electron chi connectivity index (χ4n) is 0.356. The molecule has 1 rings (SSSR count). The van der Waals surface area contributed by atoms with Gasteiger partial charge in [0.05, 0.1) is 0 Å². The maximum Gasteiger partial charge on any atom is 0.289 e. The number of carbonyl (C=O) groups excluding carboxylic acids is 1. The quantitative estimate of drug-likeness (QED) is 0.460. The molecule has 1 aromatic rings. The standard InChI is InChI=1S/C4H3NO3/c6-3-5-4(7)1-2-8-5/h1-3H. The van der Waals surface area contributed by atoms with Crippen LogP contribution in [0.3, 0.4) is 0 Å². The van der Waals surface area contributed by atoms with E-state index >= 15 is 0 Å². The van der Waals surface area contributed by atoms with Gasteiger partial charge in [0.2, 0.25) is 0 Å². The van der Waals surface area contributed by atoms with Crippen molar-refractivity contribution in [1.29, 1.82) is 0 Å². The van der Waals surface area contributed by atoms with E-state index in [0.717, 1.165) is 12.3 Å². The van der Waals surface area contributed by atoms with Crippen molar-refractivity contribution in [2.24, 2.45) is 0 Å². The molecule has 0 spiro atoms. The molecule has 0 saturated carbocycles. The Morgan fingerprint density at radius 3 is 2.75 bits per heavy atom. The molecule has 0 radical (unpaired) electrons. The summed E-state index contributed by atoms with van der Waals surface area (Å²) in [5.74, 6) is 0. The van der Waals surface area contributed by atoms with Crippen LogP contribution in [0.5, 0.6) is 0 Å². The van der Waals surface area contributed by atoms with Crippen molar-refractivity contribution in [3.63, 3.8) is 0 Å². The first-order valence-corrected chi connectivity index (χ1v) is 1.96. The number of nitrogens with zero attached hydrogens (tertiary/aromatic N) is 1. The Labute approximate surface area is 44.3 Å². The number of aromatic nitrogens is 1. The van der Waals surface area contributed by atoms with Gasteiger partial charge in [-0.3, -0.25) is 9.59 Å². The monoisotopic (exact) mass is 113 g/mol. The summed E-state index contributed by atoms with van der Waals surface area (Å²) in [6.45, 7) is 0. The van der Waals surface area contributed by atoms with Crippen molar-refractivity contribution in [2.75, 3.05) is 0 Å². The molecule has 0 N–H and O–H groups in total. The Hall–Kier alpha value is -1.32. The van der Waals surface area contributed by atoms with Gasteiger partial charge in [-0.15, -0.1) is 4.74 Å². The molecule has 4 heteroatoms. The molecule has 42 valence electrons. The summed E-state index contributed by atoms with van der Waals surface area (Å²) in [5.41, 5.74) is -0.444. The molecule has 0 amide bonds. The van der Waals surface area contributed by atoms with Gasteiger partial charge >= 0.3 is 0 Å². The van der Waals surface area contributed by atoms with E-state index in [2.05, 4.69) is 4.52 Å². The normalized spacial score (nSPS) is 9.00. The maximum atomic E-state index is 10.3. The molecule has 0 saturated heterocycles. The molecule has 0 bridgehead atoms. The highest BCUT2D eigenvalue weighted by atomic mass is 16.5. The predicted octanol–water partition coefficient (Wildman–Crippen LogP) is -0.520. The van der Waals surface area contributed by atoms with Crippen molar-refractivity contribution in [3.8, 4) is 0 Å². The van der Waals surface area contributed by atoms with Crippen LogP contribution in [0.25, 0.3) is 0 Å². The van der Waals surface area contributed by atoms with Gasteiger partial charge in [0.1, 0.15) is 6.26 Å². The Balaban J connectivity index is 3.30.